The number of aliphatic hydroxyl groups is 1. The predicted molar refractivity (Wildman–Crippen MR) is 102 cm³/mol. The van der Waals surface area contributed by atoms with E-state index in [1.807, 2.05) is 30.0 Å². The number of aliphatic hydroxyl groups excluding tert-OH is 1. The molecule has 0 aliphatic carbocycles. The van der Waals surface area contributed by atoms with Crippen molar-refractivity contribution in [2.75, 3.05) is 45.9 Å². The Balaban J connectivity index is 1.51. The van der Waals surface area contributed by atoms with Gasteiger partial charge in [-0.1, -0.05) is 12.5 Å². The molecule has 0 radical (unpaired) electrons. The Morgan fingerprint density at radius 3 is 2.54 bits per heavy atom. The minimum Gasteiger partial charge on any atom is -0.484 e. The van der Waals surface area contributed by atoms with Gasteiger partial charge in [0.1, 0.15) is 5.75 Å². The van der Waals surface area contributed by atoms with Crippen molar-refractivity contribution in [1.82, 2.24) is 9.80 Å². The van der Waals surface area contributed by atoms with E-state index in [0.717, 1.165) is 37.5 Å². The van der Waals surface area contributed by atoms with Crippen molar-refractivity contribution < 1.29 is 14.6 Å². The molecule has 2 heterocycles. The maximum absolute atomic E-state index is 12.6. The number of carbonyl (C=O) groups is 1. The quantitative estimate of drug-likeness (QED) is 0.845. The van der Waals surface area contributed by atoms with Crippen molar-refractivity contribution in [3.05, 3.63) is 29.3 Å². The van der Waals surface area contributed by atoms with Crippen molar-refractivity contribution >= 4 is 5.91 Å². The van der Waals surface area contributed by atoms with Gasteiger partial charge in [0.2, 0.25) is 0 Å². The molecule has 1 N–H and O–H groups in total. The van der Waals surface area contributed by atoms with Crippen LogP contribution in [0.1, 0.15) is 30.4 Å². The van der Waals surface area contributed by atoms with Crippen LogP contribution in [0.3, 0.4) is 0 Å². The summed E-state index contributed by atoms with van der Waals surface area (Å²) < 4.78 is 5.71. The standard InChI is InChI=1S/C21H32N2O3/c1-16-6-7-20(10-17(16)2)26-15-21(25)23-12-18(19(13-23)14-24)11-22-8-4-3-5-9-22/h6-7,10,18-19,24H,3-5,8-9,11-15H2,1-2H3/t18-,19-/m1/s1. The van der Waals surface area contributed by atoms with Gasteiger partial charge in [-0.15, -0.1) is 0 Å². The second-order valence-corrected chi connectivity index (χ2v) is 7.90. The fraction of sp³-hybridized carbons (Fsp3) is 0.667. The molecule has 0 aromatic heterocycles. The average Bonchev–Trinajstić information content (AvgIpc) is 3.06. The van der Waals surface area contributed by atoms with Crippen molar-refractivity contribution in [2.45, 2.75) is 33.1 Å². The van der Waals surface area contributed by atoms with Crippen LogP contribution < -0.4 is 4.74 Å². The molecule has 26 heavy (non-hydrogen) atoms. The number of likely N-dealkylation sites (tertiary alicyclic amines) is 2. The molecule has 1 aromatic rings. The number of ether oxygens (including phenoxy) is 1. The van der Waals surface area contributed by atoms with E-state index in [0.29, 0.717) is 12.5 Å². The Morgan fingerprint density at radius 2 is 1.85 bits per heavy atom. The molecule has 144 valence electrons. The second-order valence-electron chi connectivity index (χ2n) is 7.90. The molecule has 2 aliphatic heterocycles. The molecular formula is C21H32N2O3. The number of piperidine rings is 1. The second kappa shape index (κ2) is 8.87. The first-order valence-corrected chi connectivity index (χ1v) is 9.88. The molecule has 2 fully saturated rings. The van der Waals surface area contributed by atoms with Crippen molar-refractivity contribution in [2.24, 2.45) is 11.8 Å². The summed E-state index contributed by atoms with van der Waals surface area (Å²) in [6.45, 7) is 9.00. The van der Waals surface area contributed by atoms with Crippen molar-refractivity contribution in [3.8, 4) is 5.75 Å². The number of nitrogens with zero attached hydrogens (tertiary/aromatic N) is 2. The molecule has 3 rings (SSSR count). The minimum absolute atomic E-state index is 0.0165. The van der Waals surface area contributed by atoms with Gasteiger partial charge in [0.15, 0.2) is 6.61 Å². The number of benzene rings is 1. The summed E-state index contributed by atoms with van der Waals surface area (Å²) in [6, 6.07) is 5.90. The molecule has 5 nitrogen and oxygen atoms in total. The van der Waals surface area contributed by atoms with Crippen LogP contribution in [0.2, 0.25) is 0 Å². The van der Waals surface area contributed by atoms with Crippen molar-refractivity contribution in [3.63, 3.8) is 0 Å². The van der Waals surface area contributed by atoms with Gasteiger partial charge >= 0.3 is 0 Å². The van der Waals surface area contributed by atoms with Crippen LogP contribution >= 0.6 is 0 Å². The van der Waals surface area contributed by atoms with E-state index in [1.165, 1.54) is 24.8 Å². The largest absolute Gasteiger partial charge is 0.484 e. The van der Waals surface area contributed by atoms with E-state index in [4.69, 9.17) is 4.74 Å². The highest BCUT2D eigenvalue weighted by atomic mass is 16.5. The van der Waals surface area contributed by atoms with Gasteiger partial charge in [0, 0.05) is 32.2 Å². The van der Waals surface area contributed by atoms with Crippen LogP contribution in [0.5, 0.6) is 5.75 Å². The first-order chi connectivity index (χ1) is 12.6. The minimum atomic E-state index is 0.0165. The van der Waals surface area contributed by atoms with Gasteiger partial charge in [-0.25, -0.2) is 0 Å². The third kappa shape index (κ3) is 4.77. The average molecular weight is 360 g/mol. The lowest BCUT2D eigenvalue weighted by atomic mass is 9.95. The molecule has 0 unspecified atom stereocenters. The molecule has 2 saturated heterocycles. The van der Waals surface area contributed by atoms with Gasteiger partial charge in [-0.05, 0) is 69.0 Å². The molecule has 0 saturated carbocycles. The van der Waals surface area contributed by atoms with Crippen LogP contribution in [-0.4, -0.2) is 66.8 Å². The van der Waals surface area contributed by atoms with E-state index in [-0.39, 0.29) is 25.0 Å². The van der Waals surface area contributed by atoms with E-state index >= 15 is 0 Å². The van der Waals surface area contributed by atoms with Gasteiger partial charge in [0.05, 0.1) is 0 Å². The number of hydrogen-bond donors (Lipinski definition) is 1. The molecule has 5 heteroatoms. The zero-order valence-electron chi connectivity index (χ0n) is 16.1. The summed E-state index contributed by atoms with van der Waals surface area (Å²) in [7, 11) is 0. The topological polar surface area (TPSA) is 53.0 Å². The summed E-state index contributed by atoms with van der Waals surface area (Å²) in [5.41, 5.74) is 2.38. The fourth-order valence-electron chi connectivity index (χ4n) is 4.07. The molecule has 0 spiro atoms. The number of amides is 1. The molecule has 1 aromatic carbocycles. The Morgan fingerprint density at radius 1 is 1.12 bits per heavy atom. The summed E-state index contributed by atoms with van der Waals surface area (Å²) >= 11 is 0. The SMILES string of the molecule is Cc1ccc(OCC(=O)N2C[C@@H](CN3CCCCC3)[C@@H](CO)C2)cc1C. The lowest BCUT2D eigenvalue weighted by Crippen LogP contribution is -2.38. The van der Waals surface area contributed by atoms with Crippen LogP contribution in [0.4, 0.5) is 0 Å². The Bertz CT molecular complexity index is 613. The van der Waals surface area contributed by atoms with Crippen LogP contribution in [0.15, 0.2) is 18.2 Å². The number of rotatable bonds is 6. The number of aryl methyl sites for hydroxylation is 2. The van der Waals surface area contributed by atoms with Gasteiger partial charge in [-0.3, -0.25) is 4.79 Å². The highest BCUT2D eigenvalue weighted by Crippen LogP contribution is 2.26. The Hall–Kier alpha value is -1.59. The molecule has 2 aliphatic rings. The Labute approximate surface area is 156 Å². The van der Waals surface area contributed by atoms with Crippen LogP contribution in [0.25, 0.3) is 0 Å². The first kappa shape index (κ1) is 19.2. The monoisotopic (exact) mass is 360 g/mol. The highest BCUT2D eigenvalue weighted by Gasteiger charge is 2.35. The highest BCUT2D eigenvalue weighted by molar-refractivity contribution is 5.78. The van der Waals surface area contributed by atoms with E-state index < -0.39 is 0 Å². The van der Waals surface area contributed by atoms with Crippen LogP contribution in [0, 0.1) is 25.7 Å². The lowest BCUT2D eigenvalue weighted by Gasteiger charge is -2.30. The molecule has 1 amide bonds. The lowest BCUT2D eigenvalue weighted by molar-refractivity contribution is -0.132. The summed E-state index contributed by atoms with van der Waals surface area (Å²) in [4.78, 5) is 16.9. The van der Waals surface area contributed by atoms with Gasteiger partial charge < -0.3 is 19.6 Å². The molecule has 0 bridgehead atoms. The van der Waals surface area contributed by atoms with E-state index in [2.05, 4.69) is 11.8 Å². The zero-order valence-corrected chi connectivity index (χ0v) is 16.1. The number of carbonyl (C=O) groups excluding carboxylic acids is 1. The van der Waals surface area contributed by atoms with E-state index in [9.17, 15) is 9.90 Å². The molecule has 2 atom stereocenters. The van der Waals surface area contributed by atoms with E-state index in [1.54, 1.807) is 0 Å². The summed E-state index contributed by atoms with van der Waals surface area (Å²) in [5.74, 6) is 1.30. The van der Waals surface area contributed by atoms with Gasteiger partial charge in [0.25, 0.3) is 5.91 Å². The third-order valence-corrected chi connectivity index (χ3v) is 5.95. The predicted octanol–water partition coefficient (Wildman–Crippen LogP) is 2.24. The first-order valence-electron chi connectivity index (χ1n) is 9.88. The summed E-state index contributed by atoms with van der Waals surface area (Å²) in [6.07, 6.45) is 3.86. The smallest absolute Gasteiger partial charge is 0.260 e. The molecular weight excluding hydrogens is 328 g/mol. The van der Waals surface area contributed by atoms with Gasteiger partial charge in [-0.2, -0.15) is 0 Å². The third-order valence-electron chi connectivity index (χ3n) is 5.95. The maximum Gasteiger partial charge on any atom is 0.260 e. The maximum atomic E-state index is 12.6. The fourth-order valence-corrected chi connectivity index (χ4v) is 4.07. The van der Waals surface area contributed by atoms with Crippen LogP contribution in [-0.2, 0) is 4.79 Å². The van der Waals surface area contributed by atoms with Crippen molar-refractivity contribution in [1.29, 1.82) is 0 Å². The Kier molecular flexibility index (Phi) is 6.54. The number of hydrogen-bond acceptors (Lipinski definition) is 4. The summed E-state index contributed by atoms with van der Waals surface area (Å²) in [5, 5.41) is 9.74. The zero-order chi connectivity index (χ0) is 18.5. The normalized spacial score (nSPS) is 24.0.